The van der Waals surface area contributed by atoms with E-state index in [1.54, 1.807) is 23.1 Å². The van der Waals surface area contributed by atoms with Crippen LogP contribution in [0.3, 0.4) is 0 Å². The quantitative estimate of drug-likeness (QED) is 0.377. The Morgan fingerprint density at radius 1 is 1.29 bits per heavy atom. The van der Waals surface area contributed by atoms with Gasteiger partial charge >= 0.3 is 5.97 Å². The van der Waals surface area contributed by atoms with E-state index in [0.29, 0.717) is 46.8 Å². The number of carbonyl (C=O) groups excluding carboxylic acids is 1. The van der Waals surface area contributed by atoms with Crippen molar-refractivity contribution in [2.24, 2.45) is 11.0 Å². The summed E-state index contributed by atoms with van der Waals surface area (Å²) in [5.41, 5.74) is 4.39. The summed E-state index contributed by atoms with van der Waals surface area (Å²) < 4.78 is 12.1. The van der Waals surface area contributed by atoms with E-state index in [-0.39, 0.29) is 36.1 Å². The molecule has 1 saturated heterocycles. The smallest absolute Gasteiger partial charge is 0.352 e. The molecule has 2 aliphatic carbocycles. The monoisotopic (exact) mass is 520 g/mol. The molecule has 0 unspecified atom stereocenters. The molecule has 2 N–H and O–H groups in total. The van der Waals surface area contributed by atoms with E-state index >= 15 is 0 Å². The number of carbonyl (C=O) groups is 2. The molecule has 1 aromatic heterocycles. The maximum Gasteiger partial charge on any atom is 0.352 e. The maximum atomic E-state index is 12.7. The molecule has 1 aliphatic heterocycles. The fourth-order valence-electron chi connectivity index (χ4n) is 5.20. The molecule has 2 heterocycles. The molecular weight excluding hydrogens is 495 g/mol. The second kappa shape index (κ2) is 9.79. The molecule has 3 atom stereocenters. The van der Waals surface area contributed by atoms with Crippen molar-refractivity contribution in [3.05, 3.63) is 39.6 Å². The molecule has 2 bridgehead atoms. The van der Waals surface area contributed by atoms with Gasteiger partial charge in [0.2, 0.25) is 5.91 Å². The molecule has 9 nitrogen and oxygen atoms in total. The minimum absolute atomic E-state index is 0.00881. The number of amides is 1. The molecule has 186 valence electrons. The molecule has 3 aliphatic rings. The number of fused-ring (bicyclic) bond motifs is 2. The highest BCUT2D eigenvalue weighted by Gasteiger charge is 2.47. The summed E-state index contributed by atoms with van der Waals surface area (Å²) in [5.74, 6) is -0.0612. The van der Waals surface area contributed by atoms with Crippen molar-refractivity contribution in [3.63, 3.8) is 0 Å². The number of halogens is 2. The number of aromatic nitrogens is 1. The Hall–Kier alpha value is -2.62. The summed E-state index contributed by atoms with van der Waals surface area (Å²) >= 11 is 12.9. The lowest BCUT2D eigenvalue weighted by atomic mass is 10.0. The van der Waals surface area contributed by atoms with Gasteiger partial charge in [0.25, 0.3) is 0 Å². The van der Waals surface area contributed by atoms with Crippen molar-refractivity contribution < 1.29 is 24.0 Å². The number of nitrogens with zero attached hydrogens (tertiary/aromatic N) is 3. The molecule has 5 rings (SSSR count). The number of hydrazone groups is 1. The number of rotatable bonds is 9. The maximum absolute atomic E-state index is 12.7. The third-order valence-corrected chi connectivity index (χ3v) is 7.65. The Kier molecular flexibility index (Phi) is 6.74. The van der Waals surface area contributed by atoms with E-state index in [1.807, 2.05) is 0 Å². The Labute approximate surface area is 212 Å². The van der Waals surface area contributed by atoms with Gasteiger partial charge in [-0.05, 0) is 37.8 Å². The van der Waals surface area contributed by atoms with Gasteiger partial charge in [-0.1, -0.05) is 34.4 Å². The van der Waals surface area contributed by atoms with Crippen molar-refractivity contribution in [1.29, 1.82) is 0 Å². The number of piperidine rings is 1. The van der Waals surface area contributed by atoms with Crippen LogP contribution < -0.4 is 5.43 Å². The van der Waals surface area contributed by atoms with E-state index in [9.17, 15) is 14.7 Å². The van der Waals surface area contributed by atoms with Crippen LogP contribution in [-0.4, -0.2) is 58.5 Å². The lowest BCUT2D eigenvalue weighted by Gasteiger charge is -2.31. The summed E-state index contributed by atoms with van der Waals surface area (Å²) in [4.78, 5) is 25.8. The normalized spacial score (nSPS) is 23.7. The minimum Gasteiger partial charge on any atom is -0.477 e. The Bertz CT molecular complexity index is 1160. The van der Waals surface area contributed by atoms with Crippen LogP contribution in [0, 0.1) is 5.92 Å². The SMILES string of the molecule is CN/N=C(\CC(=O)N1C[C@@H]2C[C@H]1C[C@H]2OCc1c(-c2c(Cl)cccc2Cl)noc1C1CC1)C(=O)O. The van der Waals surface area contributed by atoms with Crippen LogP contribution in [-0.2, 0) is 20.9 Å². The topological polar surface area (TPSA) is 117 Å². The van der Waals surface area contributed by atoms with E-state index in [1.165, 1.54) is 7.05 Å². The van der Waals surface area contributed by atoms with E-state index in [0.717, 1.165) is 30.6 Å². The highest BCUT2D eigenvalue weighted by molar-refractivity contribution is 6.39. The van der Waals surface area contributed by atoms with Crippen LogP contribution in [0.15, 0.2) is 27.8 Å². The third-order valence-electron chi connectivity index (χ3n) is 7.02. The predicted molar refractivity (Wildman–Crippen MR) is 129 cm³/mol. The van der Waals surface area contributed by atoms with Crippen LogP contribution >= 0.6 is 23.2 Å². The van der Waals surface area contributed by atoms with Crippen LogP contribution in [0.1, 0.15) is 49.3 Å². The van der Waals surface area contributed by atoms with Crippen molar-refractivity contribution in [1.82, 2.24) is 15.5 Å². The summed E-state index contributed by atoms with van der Waals surface area (Å²) in [6, 6.07) is 5.37. The Balaban J connectivity index is 1.26. The predicted octanol–water partition coefficient (Wildman–Crippen LogP) is 4.08. The van der Waals surface area contributed by atoms with Crippen molar-refractivity contribution in [3.8, 4) is 11.3 Å². The number of nitrogens with one attached hydrogen (secondary N) is 1. The van der Waals surface area contributed by atoms with Crippen LogP contribution in [0.4, 0.5) is 0 Å². The molecule has 0 radical (unpaired) electrons. The van der Waals surface area contributed by atoms with Gasteiger partial charge in [0.1, 0.15) is 11.5 Å². The van der Waals surface area contributed by atoms with Crippen molar-refractivity contribution in [2.45, 2.75) is 56.8 Å². The average molecular weight is 521 g/mol. The molecule has 0 spiro atoms. The molecular formula is C24H26Cl2N4O5. The van der Waals surface area contributed by atoms with Gasteiger partial charge in [0, 0.05) is 42.6 Å². The first-order valence-electron chi connectivity index (χ1n) is 11.7. The van der Waals surface area contributed by atoms with E-state index < -0.39 is 5.97 Å². The van der Waals surface area contributed by atoms with Gasteiger partial charge in [-0.2, -0.15) is 5.10 Å². The highest BCUT2D eigenvalue weighted by Crippen LogP contribution is 2.47. The number of carboxylic acids is 1. The fraction of sp³-hybridized carbons (Fsp3) is 0.500. The zero-order chi connectivity index (χ0) is 24.7. The third kappa shape index (κ3) is 4.77. The lowest BCUT2D eigenvalue weighted by molar-refractivity contribution is -0.135. The molecule has 2 aromatic rings. The minimum atomic E-state index is -1.20. The fourth-order valence-corrected chi connectivity index (χ4v) is 5.77. The summed E-state index contributed by atoms with van der Waals surface area (Å²) in [7, 11) is 1.50. The first kappa shape index (κ1) is 24.1. The number of hydrogen-bond acceptors (Lipinski definition) is 7. The van der Waals surface area contributed by atoms with Crippen molar-refractivity contribution in [2.75, 3.05) is 13.6 Å². The van der Waals surface area contributed by atoms with Gasteiger partial charge in [-0.3, -0.25) is 4.79 Å². The Morgan fingerprint density at radius 3 is 2.63 bits per heavy atom. The number of aliphatic carboxylic acids is 1. The number of carboxylic acid groups (broad SMARTS) is 1. The number of benzene rings is 1. The van der Waals surface area contributed by atoms with Gasteiger partial charge < -0.3 is 24.7 Å². The zero-order valence-electron chi connectivity index (χ0n) is 19.2. The Morgan fingerprint density at radius 2 is 2.03 bits per heavy atom. The highest BCUT2D eigenvalue weighted by atomic mass is 35.5. The van der Waals surface area contributed by atoms with Gasteiger partial charge in [-0.15, -0.1) is 0 Å². The first-order chi connectivity index (χ1) is 16.9. The summed E-state index contributed by atoms with van der Waals surface area (Å²) in [6.07, 6.45) is 3.40. The average Bonchev–Trinajstić information content (AvgIpc) is 3.27. The van der Waals surface area contributed by atoms with E-state index in [4.69, 9.17) is 32.5 Å². The standard InChI is InChI=1S/C24H26Cl2N4O5/c1-27-28-18(24(32)33)9-20(31)30-10-13-7-14(30)8-19(13)34-11-15-22(29-35-23(15)12-5-6-12)21-16(25)3-2-4-17(21)26/h2-4,12-14,19,27H,5-11H2,1H3,(H,32,33)/b28-18+/t13-,14-,19+/m0/s1. The molecule has 3 fully saturated rings. The molecule has 11 heteroatoms. The van der Waals surface area contributed by atoms with Crippen LogP contribution in [0.2, 0.25) is 10.0 Å². The second-order valence-electron chi connectivity index (χ2n) is 9.29. The van der Waals surface area contributed by atoms with Crippen molar-refractivity contribution >= 4 is 40.8 Å². The van der Waals surface area contributed by atoms with E-state index in [2.05, 4.69) is 15.7 Å². The molecule has 1 aromatic carbocycles. The number of hydrogen-bond donors (Lipinski definition) is 2. The van der Waals surface area contributed by atoms with Crippen LogP contribution in [0.25, 0.3) is 11.3 Å². The lowest BCUT2D eigenvalue weighted by Crippen LogP contribution is -2.43. The number of likely N-dealkylation sites (tertiary alicyclic amines) is 1. The van der Waals surface area contributed by atoms with Gasteiger partial charge in [0.15, 0.2) is 5.71 Å². The number of ether oxygens (including phenoxy) is 1. The van der Waals surface area contributed by atoms with Gasteiger partial charge in [-0.25, -0.2) is 4.79 Å². The molecule has 1 amide bonds. The second-order valence-corrected chi connectivity index (χ2v) is 10.1. The molecule has 2 saturated carbocycles. The largest absolute Gasteiger partial charge is 0.477 e. The van der Waals surface area contributed by atoms with Gasteiger partial charge in [0.05, 0.1) is 29.2 Å². The van der Waals surface area contributed by atoms with Crippen LogP contribution in [0.5, 0.6) is 0 Å². The zero-order valence-corrected chi connectivity index (χ0v) is 20.7. The summed E-state index contributed by atoms with van der Waals surface area (Å²) in [5, 5.41) is 18.3. The molecule has 35 heavy (non-hydrogen) atoms. The first-order valence-corrected chi connectivity index (χ1v) is 12.4. The summed E-state index contributed by atoms with van der Waals surface area (Å²) in [6.45, 7) is 0.870.